The molecule has 19 heteroatoms. The van der Waals surface area contributed by atoms with Crippen molar-refractivity contribution in [3.63, 3.8) is 0 Å². The van der Waals surface area contributed by atoms with E-state index >= 15 is 4.39 Å². The summed E-state index contributed by atoms with van der Waals surface area (Å²) in [4.78, 5) is 77.7. The molecule has 3 saturated heterocycles. The molecule has 0 radical (unpaired) electrons. The second-order valence-corrected chi connectivity index (χ2v) is 18.3. The SMILES string of the molecule is CO[C@H]1CN(S(=O)(=O)c2cccc(CN3CCN(c4cc5c(cc4F)C(=O)N(C4CCC(=O)NC4=O)C5=O)CC3)c2)CC[C@@H]1Nc1ncc2ccc(=O)n(C3CCCC3)c2n1. The minimum Gasteiger partial charge on any atom is -0.378 e. The number of piperazine rings is 1. The van der Waals surface area contributed by atoms with Crippen LogP contribution >= 0.6 is 0 Å². The summed E-state index contributed by atoms with van der Waals surface area (Å²) in [6, 6.07) is 11.2. The number of carbonyl (C=O) groups is 4. The summed E-state index contributed by atoms with van der Waals surface area (Å²) in [5.74, 6) is -3.00. The number of sulfonamides is 1. The number of pyridine rings is 1. The van der Waals surface area contributed by atoms with Crippen LogP contribution in [0.1, 0.15) is 77.3 Å². The number of hydrogen-bond acceptors (Lipinski definition) is 13. The van der Waals surface area contributed by atoms with Crippen molar-refractivity contribution in [3.05, 3.63) is 87.6 Å². The highest BCUT2D eigenvalue weighted by atomic mass is 32.2. The van der Waals surface area contributed by atoms with Crippen molar-refractivity contribution in [3.8, 4) is 0 Å². The number of nitrogens with one attached hydrogen (secondary N) is 2. The van der Waals surface area contributed by atoms with Crippen LogP contribution in [0.15, 0.2) is 64.4 Å². The highest BCUT2D eigenvalue weighted by Crippen LogP contribution is 2.34. The summed E-state index contributed by atoms with van der Waals surface area (Å²) in [5, 5.41) is 6.29. The average Bonchev–Trinajstić information content (AvgIpc) is 3.87. The number of methoxy groups -OCH3 is 1. The fraction of sp³-hybridized carbons (Fsp3) is 0.452. The lowest BCUT2D eigenvalue weighted by atomic mass is 10.0. The fourth-order valence-electron chi connectivity index (χ4n) is 9.38. The standard InChI is InChI=1S/C42H46FN9O8S/c1-60-35-24-50(14-13-32(35)45-42-44-22-26-9-12-37(54)51(38(26)47-42)27-6-2-3-7-27)61(58,59)28-8-4-5-25(19-28)23-48-15-17-49(18-16-48)34-21-30-29(20-31(34)43)40(56)52(41(30)57)33-10-11-36(53)46-39(33)55/h4-5,8-9,12,19-22,27,32-33,35H,2-3,6-7,10-11,13-18,23-24H2,1H3,(H,44,45,47)(H,46,53,55)/t32-,33?,35-/m0/s1. The van der Waals surface area contributed by atoms with Crippen molar-refractivity contribution < 1.29 is 36.7 Å². The van der Waals surface area contributed by atoms with Gasteiger partial charge in [-0.1, -0.05) is 25.0 Å². The number of imide groups is 2. The average molecular weight is 856 g/mol. The highest BCUT2D eigenvalue weighted by Gasteiger charge is 2.45. The van der Waals surface area contributed by atoms with Crippen LogP contribution in [0.3, 0.4) is 0 Å². The number of fused-ring (bicyclic) bond motifs is 2. The second-order valence-electron chi connectivity index (χ2n) is 16.3. The number of hydrogen-bond donors (Lipinski definition) is 2. The summed E-state index contributed by atoms with van der Waals surface area (Å²) in [6.45, 7) is 2.62. The lowest BCUT2D eigenvalue weighted by molar-refractivity contribution is -0.136. The third-order valence-corrected chi connectivity index (χ3v) is 14.5. The van der Waals surface area contributed by atoms with Gasteiger partial charge in [-0.25, -0.2) is 17.8 Å². The first-order valence-electron chi connectivity index (χ1n) is 20.7. The molecule has 0 spiro atoms. The molecule has 4 aromatic rings. The molecule has 1 aliphatic carbocycles. The van der Waals surface area contributed by atoms with Gasteiger partial charge in [0.1, 0.15) is 17.5 Å². The molecule has 4 aliphatic heterocycles. The molecule has 0 bridgehead atoms. The molecule has 2 aromatic heterocycles. The predicted molar refractivity (Wildman–Crippen MR) is 220 cm³/mol. The molecular weight excluding hydrogens is 810 g/mol. The van der Waals surface area contributed by atoms with Crippen LogP contribution in [-0.2, 0) is 30.9 Å². The normalized spacial score (nSPS) is 23.2. The number of ether oxygens (including phenoxy) is 1. The Balaban J connectivity index is 0.825. The van der Waals surface area contributed by atoms with Crippen LogP contribution in [0.4, 0.5) is 16.0 Å². The molecule has 4 fully saturated rings. The van der Waals surface area contributed by atoms with E-state index in [0.717, 1.165) is 47.6 Å². The first-order chi connectivity index (χ1) is 29.4. The van der Waals surface area contributed by atoms with E-state index in [1.807, 2.05) is 6.07 Å². The van der Waals surface area contributed by atoms with Crippen molar-refractivity contribution in [1.29, 1.82) is 0 Å². The van der Waals surface area contributed by atoms with Gasteiger partial charge in [0.15, 0.2) is 0 Å². The number of halogens is 1. The molecule has 320 valence electrons. The summed E-state index contributed by atoms with van der Waals surface area (Å²) >= 11 is 0. The molecule has 61 heavy (non-hydrogen) atoms. The second kappa shape index (κ2) is 16.3. The Hall–Kier alpha value is -5.63. The molecule has 4 amide bonds. The fourth-order valence-corrected chi connectivity index (χ4v) is 10.9. The van der Waals surface area contributed by atoms with E-state index in [9.17, 15) is 32.4 Å². The van der Waals surface area contributed by atoms with E-state index < -0.39 is 51.6 Å². The van der Waals surface area contributed by atoms with Gasteiger partial charge in [-0.15, -0.1) is 0 Å². The van der Waals surface area contributed by atoms with Crippen LogP contribution in [0.2, 0.25) is 0 Å². The number of anilines is 2. The minimum atomic E-state index is -3.90. The highest BCUT2D eigenvalue weighted by molar-refractivity contribution is 7.89. The van der Waals surface area contributed by atoms with Gasteiger partial charge in [0, 0.05) is 83.0 Å². The Morgan fingerprint density at radius 3 is 2.39 bits per heavy atom. The van der Waals surface area contributed by atoms with Crippen molar-refractivity contribution >= 4 is 56.3 Å². The summed E-state index contributed by atoms with van der Waals surface area (Å²) < 4.78 is 52.7. The quantitative estimate of drug-likeness (QED) is 0.221. The molecule has 1 saturated carbocycles. The van der Waals surface area contributed by atoms with Crippen molar-refractivity contribution in [2.24, 2.45) is 0 Å². The van der Waals surface area contributed by atoms with Crippen LogP contribution in [0.25, 0.3) is 11.0 Å². The zero-order valence-electron chi connectivity index (χ0n) is 33.6. The van der Waals surface area contributed by atoms with Crippen LogP contribution < -0.4 is 21.1 Å². The number of amides is 4. The molecule has 1 unspecified atom stereocenters. The Morgan fingerprint density at radius 1 is 0.902 bits per heavy atom. The van der Waals surface area contributed by atoms with E-state index in [0.29, 0.717) is 50.7 Å². The number of benzene rings is 2. The Labute approximate surface area is 350 Å². The number of carbonyl (C=O) groups excluding carboxylic acids is 4. The van der Waals surface area contributed by atoms with Crippen molar-refractivity contribution in [2.75, 3.05) is 56.6 Å². The van der Waals surface area contributed by atoms with Gasteiger partial charge in [0.2, 0.25) is 27.8 Å². The van der Waals surface area contributed by atoms with Crippen molar-refractivity contribution in [2.45, 2.75) is 80.6 Å². The Kier molecular flexibility index (Phi) is 10.9. The third-order valence-electron chi connectivity index (χ3n) is 12.7. The van der Waals surface area contributed by atoms with Gasteiger partial charge in [0.25, 0.3) is 17.4 Å². The zero-order valence-corrected chi connectivity index (χ0v) is 34.4. The summed E-state index contributed by atoms with van der Waals surface area (Å²) in [6.07, 6.45) is 5.61. The predicted octanol–water partition coefficient (Wildman–Crippen LogP) is 2.66. The zero-order chi connectivity index (χ0) is 42.6. The smallest absolute Gasteiger partial charge is 0.262 e. The van der Waals surface area contributed by atoms with Gasteiger partial charge in [-0.3, -0.25) is 43.7 Å². The largest absolute Gasteiger partial charge is 0.378 e. The van der Waals surface area contributed by atoms with E-state index in [1.54, 1.807) is 53.1 Å². The van der Waals surface area contributed by atoms with Gasteiger partial charge in [-0.2, -0.15) is 9.29 Å². The molecule has 9 rings (SSSR count). The number of rotatable bonds is 10. The maximum atomic E-state index is 15.5. The van der Waals surface area contributed by atoms with Gasteiger partial charge in [-0.05, 0) is 61.6 Å². The van der Waals surface area contributed by atoms with Crippen LogP contribution in [0, 0.1) is 5.82 Å². The van der Waals surface area contributed by atoms with Gasteiger partial charge >= 0.3 is 0 Å². The van der Waals surface area contributed by atoms with Crippen LogP contribution in [0.5, 0.6) is 0 Å². The number of nitrogens with zero attached hydrogens (tertiary/aromatic N) is 7. The summed E-state index contributed by atoms with van der Waals surface area (Å²) in [5.41, 5.74) is 1.34. The maximum absolute atomic E-state index is 15.5. The molecule has 5 aliphatic rings. The van der Waals surface area contributed by atoms with Crippen LogP contribution in [-0.4, -0.2) is 125 Å². The minimum absolute atomic E-state index is 0.00357. The van der Waals surface area contributed by atoms with E-state index in [-0.39, 0.29) is 65.3 Å². The maximum Gasteiger partial charge on any atom is 0.262 e. The van der Waals surface area contributed by atoms with E-state index in [2.05, 4.69) is 20.5 Å². The number of piperidine rings is 2. The number of aromatic nitrogens is 3. The van der Waals surface area contributed by atoms with E-state index in [4.69, 9.17) is 9.72 Å². The Morgan fingerprint density at radius 2 is 1.66 bits per heavy atom. The monoisotopic (exact) mass is 855 g/mol. The first-order valence-corrected chi connectivity index (χ1v) is 22.1. The molecule has 2 aromatic carbocycles. The molecule has 6 heterocycles. The molecular formula is C42H46FN9O8S. The molecule has 17 nitrogen and oxygen atoms in total. The Bertz CT molecular complexity index is 2610. The summed E-state index contributed by atoms with van der Waals surface area (Å²) in [7, 11) is -2.35. The molecule has 3 atom stereocenters. The molecule has 2 N–H and O–H groups in total. The third kappa shape index (κ3) is 7.68. The van der Waals surface area contributed by atoms with Crippen molar-refractivity contribution in [1.82, 2.24) is 34.0 Å². The lowest BCUT2D eigenvalue weighted by Crippen LogP contribution is -2.54. The van der Waals surface area contributed by atoms with Gasteiger partial charge < -0.3 is 15.0 Å². The first kappa shape index (κ1) is 40.8. The topological polar surface area (TPSA) is 196 Å². The lowest BCUT2D eigenvalue weighted by Gasteiger charge is -2.37. The van der Waals surface area contributed by atoms with E-state index in [1.165, 1.54) is 10.4 Å². The van der Waals surface area contributed by atoms with Gasteiger partial charge in [0.05, 0.1) is 33.9 Å².